The Bertz CT molecular complexity index is 555. The first-order valence-electron chi connectivity index (χ1n) is 5.72. The normalized spacial score (nSPS) is 27.3. The van der Waals surface area contributed by atoms with Gasteiger partial charge in [-0.25, -0.2) is 8.42 Å². The number of carbonyl (C=O) groups excluding carboxylic acids is 1. The highest BCUT2D eigenvalue weighted by atomic mass is 32.2. The summed E-state index contributed by atoms with van der Waals surface area (Å²) in [5.74, 6) is -0.561. The first-order valence-corrected chi connectivity index (χ1v) is 7.20. The molecule has 18 heavy (non-hydrogen) atoms. The molecule has 2 atom stereocenters. The first-order chi connectivity index (χ1) is 8.44. The van der Waals surface area contributed by atoms with Crippen LogP contribution in [0.5, 0.6) is 0 Å². The number of aryl methyl sites for hydroxylation is 1. The van der Waals surface area contributed by atoms with Crippen molar-refractivity contribution >= 4 is 24.1 Å². The highest BCUT2D eigenvalue weighted by molar-refractivity contribution is 7.93. The summed E-state index contributed by atoms with van der Waals surface area (Å²) in [5, 5.41) is 2.41. The molecule has 1 N–H and O–H groups in total. The van der Waals surface area contributed by atoms with E-state index in [1.807, 2.05) is 6.92 Å². The van der Waals surface area contributed by atoms with Crippen LogP contribution in [0, 0.1) is 6.92 Å². The van der Waals surface area contributed by atoms with E-state index in [9.17, 15) is 13.2 Å². The van der Waals surface area contributed by atoms with Gasteiger partial charge in [0.05, 0.1) is 12.7 Å². The lowest BCUT2D eigenvalue weighted by atomic mass is 9.66. The summed E-state index contributed by atoms with van der Waals surface area (Å²) in [6, 6.07) is 6.55. The molecule has 0 spiro atoms. The minimum absolute atomic E-state index is 0.192. The molecule has 0 heterocycles. The average molecular weight is 263 g/mol. The van der Waals surface area contributed by atoms with E-state index in [4.69, 9.17) is 7.85 Å². The molecule has 0 aliphatic heterocycles. The van der Waals surface area contributed by atoms with Gasteiger partial charge in [-0.15, -0.1) is 0 Å². The molecular weight excluding hydrogens is 249 g/mol. The summed E-state index contributed by atoms with van der Waals surface area (Å²) < 4.78 is 25.1. The zero-order chi connectivity index (χ0) is 13.4. The van der Waals surface area contributed by atoms with Gasteiger partial charge < -0.3 is 5.32 Å². The summed E-state index contributed by atoms with van der Waals surface area (Å²) in [6.45, 7) is 1.88. The Labute approximate surface area is 108 Å². The standard InChI is InChI=1S/C12H14BNO3S/c1-9-2-4-10(5-3-9)18(16,17)12(14-8-15)7-6-11(12)13/h2-5,8,11H,6-7H2,1H3,(H,14,15). The number of rotatable bonds is 4. The molecule has 94 valence electrons. The van der Waals surface area contributed by atoms with Gasteiger partial charge in [0.15, 0.2) is 0 Å². The predicted molar refractivity (Wildman–Crippen MR) is 69.0 cm³/mol. The SMILES string of the molecule is [B]C1CCC1(NC=O)S(=O)(=O)c1ccc(C)cc1. The van der Waals surface area contributed by atoms with E-state index in [2.05, 4.69) is 5.32 Å². The maximum Gasteiger partial charge on any atom is 0.208 e. The lowest BCUT2D eigenvalue weighted by Gasteiger charge is -2.47. The maximum absolute atomic E-state index is 12.5. The molecule has 1 saturated carbocycles. The van der Waals surface area contributed by atoms with E-state index in [1.165, 1.54) is 0 Å². The van der Waals surface area contributed by atoms with Gasteiger partial charge in [0, 0.05) is 0 Å². The Morgan fingerprint density at radius 2 is 2.00 bits per heavy atom. The number of sulfone groups is 1. The molecule has 1 aromatic rings. The fourth-order valence-electron chi connectivity index (χ4n) is 2.19. The second-order valence-corrected chi connectivity index (χ2v) is 6.82. The Kier molecular flexibility index (Phi) is 3.23. The molecule has 6 heteroatoms. The third-order valence-electron chi connectivity index (χ3n) is 3.54. The van der Waals surface area contributed by atoms with E-state index in [-0.39, 0.29) is 4.90 Å². The Hall–Kier alpha value is -1.30. The van der Waals surface area contributed by atoms with Crippen molar-refractivity contribution in [2.75, 3.05) is 0 Å². The smallest absolute Gasteiger partial charge is 0.208 e. The van der Waals surface area contributed by atoms with E-state index in [0.717, 1.165) is 5.56 Å². The van der Waals surface area contributed by atoms with Crippen molar-refractivity contribution in [3.05, 3.63) is 29.8 Å². The van der Waals surface area contributed by atoms with Gasteiger partial charge in [-0.05, 0) is 31.3 Å². The van der Waals surface area contributed by atoms with Crippen LogP contribution in [-0.2, 0) is 14.6 Å². The van der Waals surface area contributed by atoms with Crippen molar-refractivity contribution in [2.45, 2.75) is 35.3 Å². The molecular formula is C12H14BNO3S. The van der Waals surface area contributed by atoms with Crippen LogP contribution in [0.3, 0.4) is 0 Å². The Morgan fingerprint density at radius 3 is 2.39 bits per heavy atom. The number of nitrogens with one attached hydrogen (secondary N) is 1. The first kappa shape index (κ1) is 13.1. The lowest BCUT2D eigenvalue weighted by molar-refractivity contribution is -0.111. The molecule has 4 nitrogen and oxygen atoms in total. The van der Waals surface area contributed by atoms with E-state index >= 15 is 0 Å². The highest BCUT2D eigenvalue weighted by Gasteiger charge is 2.54. The zero-order valence-corrected chi connectivity index (χ0v) is 10.9. The van der Waals surface area contributed by atoms with Crippen molar-refractivity contribution in [3.63, 3.8) is 0 Å². The highest BCUT2D eigenvalue weighted by Crippen LogP contribution is 2.47. The number of hydrogen-bond donors (Lipinski definition) is 1. The molecule has 2 unspecified atom stereocenters. The number of carbonyl (C=O) groups is 1. The molecule has 0 bridgehead atoms. The second-order valence-electron chi connectivity index (χ2n) is 4.61. The minimum atomic E-state index is -3.66. The molecule has 1 aliphatic carbocycles. The van der Waals surface area contributed by atoms with Crippen molar-refractivity contribution in [2.24, 2.45) is 0 Å². The van der Waals surface area contributed by atoms with Crippen LogP contribution in [0.15, 0.2) is 29.2 Å². The maximum atomic E-state index is 12.5. The van der Waals surface area contributed by atoms with Gasteiger partial charge in [-0.3, -0.25) is 4.79 Å². The summed E-state index contributed by atoms with van der Waals surface area (Å²) in [5.41, 5.74) is 0.976. The van der Waals surface area contributed by atoms with Crippen LogP contribution >= 0.6 is 0 Å². The van der Waals surface area contributed by atoms with Gasteiger partial charge in [0.25, 0.3) is 0 Å². The van der Waals surface area contributed by atoms with Crippen LogP contribution in [-0.4, -0.2) is 27.5 Å². The summed E-state index contributed by atoms with van der Waals surface area (Å²) in [6.07, 6.45) is 1.35. The molecule has 1 fully saturated rings. The topological polar surface area (TPSA) is 63.2 Å². The third-order valence-corrected chi connectivity index (χ3v) is 6.02. The van der Waals surface area contributed by atoms with Crippen LogP contribution in [0.2, 0.25) is 5.82 Å². The monoisotopic (exact) mass is 263 g/mol. The zero-order valence-electron chi connectivity index (χ0n) is 10.1. The van der Waals surface area contributed by atoms with Crippen molar-refractivity contribution in [1.82, 2.24) is 5.32 Å². The van der Waals surface area contributed by atoms with E-state index in [1.54, 1.807) is 24.3 Å². The molecule has 1 aliphatic rings. The summed E-state index contributed by atoms with van der Waals surface area (Å²) >= 11 is 0. The molecule has 1 aromatic carbocycles. The molecule has 0 saturated heterocycles. The molecule has 0 aromatic heterocycles. The lowest BCUT2D eigenvalue weighted by Crippen LogP contribution is -2.60. The fourth-order valence-corrected chi connectivity index (χ4v) is 4.21. The molecule has 2 rings (SSSR count). The summed E-state index contributed by atoms with van der Waals surface area (Å²) in [7, 11) is 2.14. The predicted octanol–water partition coefficient (Wildman–Crippen LogP) is 0.962. The van der Waals surface area contributed by atoms with E-state index in [0.29, 0.717) is 19.3 Å². The van der Waals surface area contributed by atoms with E-state index < -0.39 is 20.5 Å². The van der Waals surface area contributed by atoms with Crippen LogP contribution in [0.1, 0.15) is 18.4 Å². The van der Waals surface area contributed by atoms with Crippen molar-refractivity contribution < 1.29 is 13.2 Å². The van der Waals surface area contributed by atoms with Crippen molar-refractivity contribution in [3.8, 4) is 0 Å². The number of amides is 1. The average Bonchev–Trinajstić information content (AvgIpc) is 2.34. The van der Waals surface area contributed by atoms with Gasteiger partial charge in [-0.2, -0.15) is 0 Å². The summed E-state index contributed by atoms with van der Waals surface area (Å²) in [4.78, 5) is 9.51. The fraction of sp³-hybridized carbons (Fsp3) is 0.417. The minimum Gasteiger partial charge on any atom is -0.340 e. The molecule has 1 amide bonds. The van der Waals surface area contributed by atoms with Gasteiger partial charge in [0.2, 0.25) is 16.2 Å². The van der Waals surface area contributed by atoms with Gasteiger partial charge in [0.1, 0.15) is 4.87 Å². The third kappa shape index (κ3) is 1.75. The van der Waals surface area contributed by atoms with Crippen molar-refractivity contribution in [1.29, 1.82) is 0 Å². The second kappa shape index (κ2) is 4.42. The molecule has 2 radical (unpaired) electrons. The quantitative estimate of drug-likeness (QED) is 0.650. The van der Waals surface area contributed by atoms with Gasteiger partial charge in [-0.1, -0.05) is 24.1 Å². The van der Waals surface area contributed by atoms with Crippen LogP contribution < -0.4 is 5.32 Å². The van der Waals surface area contributed by atoms with Gasteiger partial charge >= 0.3 is 0 Å². The Balaban J connectivity index is 2.47. The van der Waals surface area contributed by atoms with Crippen LogP contribution in [0.4, 0.5) is 0 Å². The largest absolute Gasteiger partial charge is 0.340 e. The van der Waals surface area contributed by atoms with Crippen LogP contribution in [0.25, 0.3) is 0 Å². The number of benzene rings is 1. The Morgan fingerprint density at radius 1 is 1.39 bits per heavy atom. The number of hydrogen-bond acceptors (Lipinski definition) is 3.